The first kappa shape index (κ1) is 33.6. The Kier molecular flexibility index (Phi) is 6.86. The quantitative estimate of drug-likeness (QED) is 0.131. The topological polar surface area (TPSA) is 26.3 Å². The monoisotopic (exact) mass is 786 g/mol. The van der Waals surface area contributed by atoms with Gasteiger partial charge in [-0.2, -0.15) is 0 Å². The van der Waals surface area contributed by atoms with E-state index in [4.69, 9.17) is 8.83 Å². The molecule has 12 aromatic carbocycles. The minimum atomic E-state index is 0.835. The van der Waals surface area contributed by atoms with Gasteiger partial charge in [0.2, 0.25) is 0 Å². The van der Waals surface area contributed by atoms with E-state index in [1.807, 2.05) is 0 Å². The van der Waals surface area contributed by atoms with E-state index in [1.54, 1.807) is 0 Å². The zero-order valence-electron chi connectivity index (χ0n) is 33.4. The van der Waals surface area contributed by atoms with Crippen LogP contribution in [-0.4, -0.2) is 0 Å². The SMILES string of the molecule is c1ccc2c(-c3cc(-c4cccc5ccccc45)c4oc5ccc6c(-c7cccc8ccccc78)cc(-c7cccc8ccccc78)c7oc8ccc3c4c8-c5c67)cccc2c1. The third kappa shape index (κ3) is 4.64. The molecule has 2 heteroatoms. The largest absolute Gasteiger partial charge is 0.455 e. The van der Waals surface area contributed by atoms with Crippen LogP contribution in [0.25, 0.3) is 143 Å². The molecule has 0 atom stereocenters. The normalized spacial score (nSPS) is 12.2. The second-order valence-electron chi connectivity index (χ2n) is 16.6. The van der Waals surface area contributed by atoms with Crippen LogP contribution >= 0.6 is 0 Å². The third-order valence-corrected chi connectivity index (χ3v) is 13.4. The Bertz CT molecular complexity index is 3810. The van der Waals surface area contributed by atoms with Crippen LogP contribution in [-0.2, 0) is 0 Å². The van der Waals surface area contributed by atoms with Gasteiger partial charge in [0.25, 0.3) is 0 Å². The number of benzene rings is 12. The van der Waals surface area contributed by atoms with Gasteiger partial charge in [-0.3, -0.25) is 0 Å². The maximum atomic E-state index is 7.43. The first-order valence-corrected chi connectivity index (χ1v) is 21.3. The van der Waals surface area contributed by atoms with Gasteiger partial charge in [-0.15, -0.1) is 0 Å². The van der Waals surface area contributed by atoms with E-state index in [0.717, 1.165) is 88.4 Å². The Morgan fingerprint density at radius 2 is 0.532 bits per heavy atom. The molecule has 0 amide bonds. The van der Waals surface area contributed by atoms with Gasteiger partial charge in [-0.05, 0) is 124 Å². The van der Waals surface area contributed by atoms with E-state index in [1.165, 1.54) is 54.2 Å². The predicted octanol–water partition coefficient (Wildman–Crippen LogP) is 17.3. The molecule has 0 unspecified atom stereocenters. The molecule has 2 nitrogen and oxygen atoms in total. The van der Waals surface area contributed by atoms with Crippen molar-refractivity contribution < 1.29 is 8.83 Å². The molecule has 2 heterocycles. The van der Waals surface area contributed by atoms with Crippen molar-refractivity contribution in [1.82, 2.24) is 0 Å². The van der Waals surface area contributed by atoms with Crippen molar-refractivity contribution in [3.63, 3.8) is 0 Å². The van der Waals surface area contributed by atoms with Crippen molar-refractivity contribution >= 4 is 87.0 Å². The Labute approximate surface area is 356 Å². The third-order valence-electron chi connectivity index (χ3n) is 13.4. The molecule has 0 aromatic heterocycles. The van der Waals surface area contributed by atoms with Gasteiger partial charge in [-0.25, -0.2) is 0 Å². The molecule has 62 heavy (non-hydrogen) atoms. The average Bonchev–Trinajstić information content (AvgIpc) is 3.34. The van der Waals surface area contributed by atoms with E-state index < -0.39 is 0 Å². The highest BCUT2D eigenvalue weighted by molar-refractivity contribution is 6.31. The lowest BCUT2D eigenvalue weighted by Crippen LogP contribution is -1.99. The second kappa shape index (κ2) is 12.7. The van der Waals surface area contributed by atoms with Crippen molar-refractivity contribution in [2.24, 2.45) is 0 Å². The summed E-state index contributed by atoms with van der Waals surface area (Å²) < 4.78 is 14.9. The van der Waals surface area contributed by atoms with E-state index in [2.05, 4.69) is 206 Å². The van der Waals surface area contributed by atoms with Crippen LogP contribution in [0.1, 0.15) is 0 Å². The Hall–Kier alpha value is -8.20. The minimum absolute atomic E-state index is 0.835. The van der Waals surface area contributed by atoms with Crippen LogP contribution in [0.15, 0.2) is 215 Å². The fourth-order valence-electron chi connectivity index (χ4n) is 10.7. The van der Waals surface area contributed by atoms with Crippen LogP contribution in [0.5, 0.6) is 0 Å². The first-order valence-electron chi connectivity index (χ1n) is 21.3. The summed E-state index contributed by atoms with van der Waals surface area (Å²) in [6, 6.07) is 74.8. The minimum Gasteiger partial charge on any atom is -0.455 e. The van der Waals surface area contributed by atoms with Gasteiger partial charge in [0, 0.05) is 33.0 Å². The molecule has 0 aliphatic carbocycles. The summed E-state index contributed by atoms with van der Waals surface area (Å²) in [5.74, 6) is 0. The maximum Gasteiger partial charge on any atom is 0.143 e. The van der Waals surface area contributed by atoms with Crippen molar-refractivity contribution in [3.8, 4) is 55.6 Å². The van der Waals surface area contributed by atoms with Crippen LogP contribution in [0.4, 0.5) is 0 Å². The van der Waals surface area contributed by atoms with E-state index >= 15 is 0 Å². The van der Waals surface area contributed by atoms with Gasteiger partial charge in [0.1, 0.15) is 22.3 Å². The average molecular weight is 787 g/mol. The number of hydrogen-bond donors (Lipinski definition) is 0. The van der Waals surface area contributed by atoms with Gasteiger partial charge in [0.15, 0.2) is 0 Å². The maximum absolute atomic E-state index is 7.43. The molecule has 0 bridgehead atoms. The molecule has 0 saturated carbocycles. The highest BCUT2D eigenvalue weighted by atomic mass is 16.3. The predicted molar refractivity (Wildman–Crippen MR) is 261 cm³/mol. The fraction of sp³-hybridized carbons (Fsp3) is 0. The Morgan fingerprint density at radius 1 is 0.226 bits per heavy atom. The van der Waals surface area contributed by atoms with Crippen molar-refractivity contribution in [2.75, 3.05) is 0 Å². The fourth-order valence-corrected chi connectivity index (χ4v) is 10.7. The van der Waals surface area contributed by atoms with Gasteiger partial charge < -0.3 is 8.83 Å². The molecule has 0 saturated heterocycles. The number of rotatable bonds is 4. The number of fused-ring (bicyclic) bond motifs is 4. The Morgan fingerprint density at radius 3 is 0.887 bits per heavy atom. The van der Waals surface area contributed by atoms with E-state index in [-0.39, 0.29) is 0 Å². The molecule has 286 valence electrons. The summed E-state index contributed by atoms with van der Waals surface area (Å²) in [6.07, 6.45) is 0. The van der Waals surface area contributed by atoms with Crippen molar-refractivity contribution in [3.05, 3.63) is 206 Å². The summed E-state index contributed by atoms with van der Waals surface area (Å²) in [5, 5.41) is 14.0. The molecular formula is C60H34O2. The molecule has 0 spiro atoms. The molecule has 12 aromatic rings. The summed E-state index contributed by atoms with van der Waals surface area (Å²) in [6.45, 7) is 0. The van der Waals surface area contributed by atoms with Gasteiger partial charge in [0.05, 0.1) is 0 Å². The molecule has 0 fully saturated rings. The van der Waals surface area contributed by atoms with Crippen molar-refractivity contribution in [2.45, 2.75) is 0 Å². The molecule has 2 aliphatic heterocycles. The lowest BCUT2D eigenvalue weighted by molar-refractivity contribution is 0.648. The first-order chi connectivity index (χ1) is 30.8. The van der Waals surface area contributed by atoms with Crippen LogP contribution < -0.4 is 0 Å². The van der Waals surface area contributed by atoms with Crippen LogP contribution in [0, 0.1) is 0 Å². The van der Waals surface area contributed by atoms with Crippen molar-refractivity contribution in [1.29, 1.82) is 0 Å². The molecule has 0 radical (unpaired) electrons. The van der Waals surface area contributed by atoms with Gasteiger partial charge >= 0.3 is 0 Å². The van der Waals surface area contributed by atoms with E-state index in [9.17, 15) is 0 Å². The molecular weight excluding hydrogens is 753 g/mol. The lowest BCUT2D eigenvalue weighted by Gasteiger charge is -2.25. The second-order valence-corrected chi connectivity index (χ2v) is 16.6. The Balaban J connectivity index is 1.19. The number of hydrogen-bond acceptors (Lipinski definition) is 2. The van der Waals surface area contributed by atoms with Crippen LogP contribution in [0.2, 0.25) is 0 Å². The zero-order valence-corrected chi connectivity index (χ0v) is 33.4. The smallest absolute Gasteiger partial charge is 0.143 e. The standard InChI is InChI=1S/C60H34O2/c1-5-21-39-35(13-1)17-9-25-43(39)49-33-51(45-27-11-19-37-15-3-7-23-41(37)45)59-55-47(49)29-31-53-57(55)58-54(61-59)32-30-48-50(44-26-10-18-36-14-2-6-22-40(36)44)34-52(60(62-53)56(48)58)46-28-12-20-38-16-4-8-24-42(38)46/h1-34H. The molecule has 2 aliphatic rings. The zero-order chi connectivity index (χ0) is 40.5. The summed E-state index contributed by atoms with van der Waals surface area (Å²) in [5.41, 5.74) is 14.6. The van der Waals surface area contributed by atoms with E-state index in [0.29, 0.717) is 0 Å². The van der Waals surface area contributed by atoms with Crippen LogP contribution in [0.3, 0.4) is 0 Å². The molecule has 14 rings (SSSR count). The highest BCUT2D eigenvalue weighted by Gasteiger charge is 2.30. The summed E-state index contributed by atoms with van der Waals surface area (Å²) in [7, 11) is 0. The van der Waals surface area contributed by atoms with Gasteiger partial charge in [-0.1, -0.05) is 170 Å². The summed E-state index contributed by atoms with van der Waals surface area (Å²) in [4.78, 5) is 0. The summed E-state index contributed by atoms with van der Waals surface area (Å²) >= 11 is 0. The highest BCUT2D eigenvalue weighted by Crippen LogP contribution is 2.55. The molecule has 0 N–H and O–H groups in total. The lowest BCUT2D eigenvalue weighted by atomic mass is 9.82.